The summed E-state index contributed by atoms with van der Waals surface area (Å²) in [5.41, 5.74) is 1.12. The maximum atomic E-state index is 12.9. The largest absolute Gasteiger partial charge is 0.495 e. The Morgan fingerprint density at radius 1 is 1.18 bits per heavy atom. The molecule has 9 heteroatoms. The first-order chi connectivity index (χ1) is 13.1. The fourth-order valence-corrected chi connectivity index (χ4v) is 4.46. The van der Waals surface area contributed by atoms with Gasteiger partial charge in [0.05, 0.1) is 23.6 Å². The lowest BCUT2D eigenvalue weighted by atomic mass is 10.0. The Kier molecular flexibility index (Phi) is 5.42. The van der Waals surface area contributed by atoms with Gasteiger partial charge in [-0.2, -0.15) is 4.83 Å². The summed E-state index contributed by atoms with van der Waals surface area (Å²) >= 11 is 6.03. The van der Waals surface area contributed by atoms with E-state index in [-0.39, 0.29) is 28.1 Å². The van der Waals surface area contributed by atoms with E-state index in [1.165, 1.54) is 19.2 Å². The number of hydrazine groups is 1. The predicted molar refractivity (Wildman–Crippen MR) is 108 cm³/mol. The van der Waals surface area contributed by atoms with Crippen molar-refractivity contribution < 1.29 is 17.9 Å². The Balaban J connectivity index is 1.81. The van der Waals surface area contributed by atoms with E-state index in [0.717, 1.165) is 5.56 Å². The summed E-state index contributed by atoms with van der Waals surface area (Å²) in [6, 6.07) is 11.4. The molecule has 0 saturated heterocycles. The van der Waals surface area contributed by atoms with Gasteiger partial charge in [-0.15, -0.1) is 0 Å². The van der Waals surface area contributed by atoms with Gasteiger partial charge in [0.15, 0.2) is 0 Å². The molecular formula is C19H22ClN3O4S. The Bertz CT molecular complexity index is 1010. The van der Waals surface area contributed by atoms with Crippen LogP contribution in [0.1, 0.15) is 25.3 Å². The molecule has 1 fully saturated rings. The number of ether oxygens (including phenoxy) is 1. The van der Waals surface area contributed by atoms with E-state index >= 15 is 0 Å². The molecular weight excluding hydrogens is 402 g/mol. The number of amides is 1. The highest BCUT2D eigenvalue weighted by atomic mass is 35.5. The van der Waals surface area contributed by atoms with Crippen molar-refractivity contribution in [2.75, 3.05) is 12.4 Å². The van der Waals surface area contributed by atoms with Crippen molar-refractivity contribution >= 4 is 33.2 Å². The lowest BCUT2D eigenvalue weighted by Crippen LogP contribution is -2.30. The van der Waals surface area contributed by atoms with Crippen LogP contribution >= 0.6 is 11.6 Å². The van der Waals surface area contributed by atoms with Gasteiger partial charge in [0, 0.05) is 10.9 Å². The zero-order valence-electron chi connectivity index (χ0n) is 15.7. The number of methoxy groups -OCH3 is 1. The maximum absolute atomic E-state index is 12.9. The number of sulfonamides is 1. The van der Waals surface area contributed by atoms with Crippen LogP contribution in [0, 0.1) is 11.3 Å². The molecule has 1 aliphatic rings. The van der Waals surface area contributed by atoms with Crippen LogP contribution in [0.15, 0.2) is 47.4 Å². The van der Waals surface area contributed by atoms with Crippen molar-refractivity contribution in [2.45, 2.75) is 24.7 Å². The molecule has 0 radical (unpaired) electrons. The molecule has 150 valence electrons. The fraction of sp³-hybridized carbons (Fsp3) is 0.316. The monoisotopic (exact) mass is 423 g/mol. The highest BCUT2D eigenvalue weighted by molar-refractivity contribution is 7.89. The molecule has 0 bridgehead atoms. The number of anilines is 1. The summed E-state index contributed by atoms with van der Waals surface area (Å²) in [5, 5.41) is 3.39. The summed E-state index contributed by atoms with van der Waals surface area (Å²) in [6.45, 7) is 4.01. The van der Waals surface area contributed by atoms with Crippen molar-refractivity contribution in [1.82, 2.24) is 4.83 Å². The van der Waals surface area contributed by atoms with Crippen LogP contribution < -0.4 is 20.7 Å². The molecule has 1 saturated carbocycles. The molecule has 2 aromatic carbocycles. The Morgan fingerprint density at radius 2 is 1.82 bits per heavy atom. The summed E-state index contributed by atoms with van der Waals surface area (Å²) in [6.07, 6.45) is 0. The molecule has 2 atom stereocenters. The predicted octanol–water partition coefficient (Wildman–Crippen LogP) is 2.88. The molecule has 0 aliphatic heterocycles. The van der Waals surface area contributed by atoms with Crippen LogP contribution in [0.3, 0.4) is 0 Å². The molecule has 3 rings (SSSR count). The molecule has 1 amide bonds. The Morgan fingerprint density at radius 3 is 2.39 bits per heavy atom. The molecule has 0 aromatic heterocycles. The van der Waals surface area contributed by atoms with Crippen molar-refractivity contribution in [2.24, 2.45) is 17.2 Å². The average molecular weight is 424 g/mol. The third kappa shape index (κ3) is 3.73. The second-order valence-electron chi connectivity index (χ2n) is 7.30. The number of nitrogens with one attached hydrogen (secondary N) is 2. The molecule has 28 heavy (non-hydrogen) atoms. The summed E-state index contributed by atoms with van der Waals surface area (Å²) in [7, 11) is -2.19. The minimum atomic E-state index is -3.71. The van der Waals surface area contributed by atoms with Crippen LogP contribution in [0.4, 0.5) is 5.69 Å². The first-order valence-corrected chi connectivity index (χ1v) is 10.4. The van der Waals surface area contributed by atoms with Gasteiger partial charge in [0.1, 0.15) is 5.75 Å². The second-order valence-corrected chi connectivity index (χ2v) is 9.45. The lowest BCUT2D eigenvalue weighted by molar-refractivity contribution is -0.118. The van der Waals surface area contributed by atoms with Crippen LogP contribution in [-0.4, -0.2) is 21.4 Å². The Hall–Kier alpha value is -2.13. The average Bonchev–Trinajstić information content (AvgIpc) is 3.24. The molecule has 0 spiro atoms. The van der Waals surface area contributed by atoms with Gasteiger partial charge >= 0.3 is 0 Å². The van der Waals surface area contributed by atoms with Crippen LogP contribution in [0.5, 0.6) is 5.75 Å². The molecule has 7 nitrogen and oxygen atoms in total. The van der Waals surface area contributed by atoms with E-state index < -0.39 is 10.0 Å². The standard InChI is InChI=1S/C19H22ClN3O4S/c1-19(2)16(11-4-7-13(8-5-11)28(25,26)23-21)17(19)18(24)22-14-10-12(20)6-9-15(14)27-3/h4-10,16-17,23H,21H2,1-3H3,(H,22,24)/t16-,17+/m1/s1. The van der Waals surface area contributed by atoms with Gasteiger partial charge < -0.3 is 10.1 Å². The minimum absolute atomic E-state index is 0.0414. The van der Waals surface area contributed by atoms with E-state index in [4.69, 9.17) is 22.2 Å². The third-order valence-electron chi connectivity index (χ3n) is 5.23. The zero-order valence-corrected chi connectivity index (χ0v) is 17.3. The van der Waals surface area contributed by atoms with Gasteiger partial charge in [0.25, 0.3) is 10.0 Å². The number of halogens is 1. The highest BCUT2D eigenvalue weighted by Crippen LogP contribution is 2.64. The van der Waals surface area contributed by atoms with E-state index in [2.05, 4.69) is 5.32 Å². The van der Waals surface area contributed by atoms with Crippen molar-refractivity contribution in [1.29, 1.82) is 0 Å². The van der Waals surface area contributed by atoms with Crippen molar-refractivity contribution in [3.8, 4) is 5.75 Å². The highest BCUT2D eigenvalue weighted by Gasteiger charge is 2.62. The number of hydrogen-bond donors (Lipinski definition) is 3. The number of benzene rings is 2. The van der Waals surface area contributed by atoms with Gasteiger partial charge in [-0.3, -0.25) is 10.6 Å². The normalized spacial score (nSPS) is 20.5. The van der Waals surface area contributed by atoms with Crippen molar-refractivity contribution in [3.63, 3.8) is 0 Å². The fourth-order valence-electron chi connectivity index (χ4n) is 3.66. The second kappa shape index (κ2) is 7.36. The maximum Gasteiger partial charge on any atom is 0.253 e. The van der Waals surface area contributed by atoms with Crippen molar-refractivity contribution in [3.05, 3.63) is 53.1 Å². The van der Waals surface area contributed by atoms with E-state index in [1.807, 2.05) is 13.8 Å². The zero-order chi connectivity index (χ0) is 20.7. The molecule has 1 aliphatic carbocycles. The topological polar surface area (TPSA) is 111 Å². The van der Waals surface area contributed by atoms with Gasteiger partial charge in [-0.05, 0) is 41.3 Å². The Labute approximate surface area is 169 Å². The molecule has 0 heterocycles. The first-order valence-electron chi connectivity index (χ1n) is 8.58. The summed E-state index contributed by atoms with van der Waals surface area (Å²) < 4.78 is 28.8. The summed E-state index contributed by atoms with van der Waals surface area (Å²) in [5.74, 6) is 5.12. The number of carbonyl (C=O) groups is 1. The number of rotatable bonds is 6. The molecule has 0 unspecified atom stereocenters. The molecule has 2 aromatic rings. The molecule has 4 N–H and O–H groups in total. The van der Waals surface area contributed by atoms with Gasteiger partial charge in [-0.1, -0.05) is 37.6 Å². The number of carbonyl (C=O) groups excluding carboxylic acids is 1. The third-order valence-corrected chi connectivity index (χ3v) is 6.67. The van der Waals surface area contributed by atoms with Gasteiger partial charge in [-0.25, -0.2) is 8.42 Å². The van der Waals surface area contributed by atoms with Crippen LogP contribution in [-0.2, 0) is 14.8 Å². The van der Waals surface area contributed by atoms with Crippen LogP contribution in [0.2, 0.25) is 5.02 Å². The lowest BCUT2D eigenvalue weighted by Gasteiger charge is -2.11. The van der Waals surface area contributed by atoms with E-state index in [0.29, 0.717) is 16.5 Å². The SMILES string of the molecule is COc1ccc(Cl)cc1NC(=O)[C@@H]1[C@@H](c2ccc(S(=O)(=O)NN)cc2)C1(C)C. The summed E-state index contributed by atoms with van der Waals surface area (Å²) in [4.78, 5) is 14.8. The quantitative estimate of drug-likeness (QED) is 0.488. The van der Waals surface area contributed by atoms with E-state index in [9.17, 15) is 13.2 Å². The van der Waals surface area contributed by atoms with Gasteiger partial charge in [0.2, 0.25) is 5.91 Å². The first kappa shape index (κ1) is 20.6. The van der Waals surface area contributed by atoms with E-state index in [1.54, 1.807) is 35.2 Å². The smallest absolute Gasteiger partial charge is 0.253 e. The van der Waals surface area contributed by atoms with Crippen LogP contribution in [0.25, 0.3) is 0 Å². The minimum Gasteiger partial charge on any atom is -0.495 e. The number of hydrogen-bond acceptors (Lipinski definition) is 5. The number of nitrogens with two attached hydrogens (primary N) is 1.